The lowest BCUT2D eigenvalue weighted by atomic mass is 10.1. The molecule has 0 atom stereocenters. The first-order valence-corrected chi connectivity index (χ1v) is 14.1. The Labute approximate surface area is 269 Å². The van der Waals surface area contributed by atoms with E-state index in [4.69, 9.17) is 9.47 Å². The SMILES string of the molecule is CCOc1cc(C=NNC(=O)C(=Cc2ccc(N(C)C)cc2)NC(=O)c2ccccc2)ccc1Oc1ccc([N+](=O)[O-])cc1[N+](=O)[O-]. The third kappa shape index (κ3) is 8.98. The van der Waals surface area contributed by atoms with E-state index in [1.54, 1.807) is 43.3 Å². The Balaban J connectivity index is 1.55. The first-order chi connectivity index (χ1) is 22.5. The van der Waals surface area contributed by atoms with Gasteiger partial charge in [-0.3, -0.25) is 29.8 Å². The lowest BCUT2D eigenvalue weighted by Crippen LogP contribution is -2.32. The minimum atomic E-state index is -0.782. The van der Waals surface area contributed by atoms with Gasteiger partial charge in [0.1, 0.15) is 5.70 Å². The van der Waals surface area contributed by atoms with Crippen molar-refractivity contribution in [2.24, 2.45) is 5.10 Å². The number of amides is 2. The summed E-state index contributed by atoms with van der Waals surface area (Å²) in [6, 6.07) is 23.4. The van der Waals surface area contributed by atoms with Crippen LogP contribution in [-0.4, -0.2) is 48.6 Å². The van der Waals surface area contributed by atoms with Crippen LogP contribution in [0.5, 0.6) is 17.2 Å². The third-order valence-corrected chi connectivity index (χ3v) is 6.47. The fourth-order valence-electron chi connectivity index (χ4n) is 4.13. The molecule has 0 aliphatic rings. The van der Waals surface area contributed by atoms with Gasteiger partial charge in [-0.25, -0.2) is 5.43 Å². The summed E-state index contributed by atoms with van der Waals surface area (Å²) >= 11 is 0. The molecular weight excluding hydrogens is 608 g/mol. The van der Waals surface area contributed by atoms with Gasteiger partial charge < -0.3 is 19.7 Å². The second-order valence-corrected chi connectivity index (χ2v) is 9.97. The molecule has 4 rings (SSSR count). The Hall–Kier alpha value is -6.57. The van der Waals surface area contributed by atoms with Crippen molar-refractivity contribution in [1.29, 1.82) is 0 Å². The molecule has 0 fully saturated rings. The first-order valence-electron chi connectivity index (χ1n) is 14.1. The number of non-ortho nitro benzene ring substituents is 1. The van der Waals surface area contributed by atoms with Crippen molar-refractivity contribution in [1.82, 2.24) is 10.7 Å². The molecule has 2 N–H and O–H groups in total. The number of nitro groups is 2. The van der Waals surface area contributed by atoms with E-state index in [9.17, 15) is 29.8 Å². The lowest BCUT2D eigenvalue weighted by Gasteiger charge is -2.13. The normalized spacial score (nSPS) is 11.1. The topological polar surface area (TPSA) is 179 Å². The molecule has 0 aliphatic carbocycles. The molecule has 0 saturated carbocycles. The zero-order valence-electron chi connectivity index (χ0n) is 25.6. The van der Waals surface area contributed by atoms with Crippen LogP contribution in [0.1, 0.15) is 28.4 Å². The number of rotatable bonds is 13. The molecule has 0 radical (unpaired) electrons. The molecule has 0 heterocycles. The van der Waals surface area contributed by atoms with E-state index in [0.29, 0.717) is 16.7 Å². The fourth-order valence-corrected chi connectivity index (χ4v) is 4.13. The number of anilines is 1. The highest BCUT2D eigenvalue weighted by molar-refractivity contribution is 6.05. The van der Waals surface area contributed by atoms with Gasteiger partial charge in [0.15, 0.2) is 11.5 Å². The summed E-state index contributed by atoms with van der Waals surface area (Å²) in [5, 5.41) is 29.3. The van der Waals surface area contributed by atoms with Gasteiger partial charge in [0, 0.05) is 31.4 Å². The maximum absolute atomic E-state index is 13.2. The van der Waals surface area contributed by atoms with E-state index in [2.05, 4.69) is 15.8 Å². The highest BCUT2D eigenvalue weighted by Gasteiger charge is 2.22. The molecule has 47 heavy (non-hydrogen) atoms. The van der Waals surface area contributed by atoms with Crippen LogP contribution in [0.25, 0.3) is 6.08 Å². The highest BCUT2D eigenvalue weighted by Crippen LogP contribution is 2.38. The van der Waals surface area contributed by atoms with Gasteiger partial charge in [-0.2, -0.15) is 5.10 Å². The standard InChI is InChI=1S/C33H30N6O8/c1-4-46-31-19-23(12-16-30(31)47-29-17-15-26(38(42)43)20-28(29)39(44)45)21-34-36-33(41)27(35-32(40)24-8-6-5-7-9-24)18-22-10-13-25(14-11-22)37(2)3/h5-21H,4H2,1-3H3,(H,35,40)(H,36,41). The van der Waals surface area contributed by atoms with Crippen molar-refractivity contribution < 1.29 is 28.9 Å². The number of hydrogen-bond acceptors (Lipinski definition) is 10. The van der Waals surface area contributed by atoms with E-state index >= 15 is 0 Å². The summed E-state index contributed by atoms with van der Waals surface area (Å²) in [6.45, 7) is 1.95. The predicted molar refractivity (Wildman–Crippen MR) is 176 cm³/mol. The summed E-state index contributed by atoms with van der Waals surface area (Å²) < 4.78 is 11.4. The number of nitrogens with one attached hydrogen (secondary N) is 2. The molecule has 0 aromatic heterocycles. The Morgan fingerprint density at radius 3 is 2.17 bits per heavy atom. The first kappa shape index (κ1) is 33.3. The van der Waals surface area contributed by atoms with E-state index in [1.807, 2.05) is 43.3 Å². The van der Waals surface area contributed by atoms with E-state index in [0.717, 1.165) is 23.9 Å². The van der Waals surface area contributed by atoms with Crippen LogP contribution in [0, 0.1) is 20.2 Å². The smallest absolute Gasteiger partial charge is 0.318 e. The highest BCUT2D eigenvalue weighted by atomic mass is 16.6. The molecule has 0 bridgehead atoms. The molecule has 0 saturated heterocycles. The largest absolute Gasteiger partial charge is 0.490 e. The number of nitro benzene ring substituents is 2. The molecule has 0 aliphatic heterocycles. The zero-order chi connectivity index (χ0) is 33.9. The Morgan fingerprint density at radius 1 is 0.851 bits per heavy atom. The van der Waals surface area contributed by atoms with E-state index in [-0.39, 0.29) is 29.6 Å². The maximum Gasteiger partial charge on any atom is 0.318 e. The van der Waals surface area contributed by atoms with Crippen molar-refractivity contribution in [3.05, 3.63) is 134 Å². The minimum absolute atomic E-state index is 0.0444. The Kier molecular flexibility index (Phi) is 10.9. The molecule has 4 aromatic rings. The van der Waals surface area contributed by atoms with Gasteiger partial charge in [0.05, 0.1) is 28.7 Å². The van der Waals surface area contributed by atoms with Crippen molar-refractivity contribution in [3.8, 4) is 17.2 Å². The van der Waals surface area contributed by atoms with Crippen LogP contribution >= 0.6 is 0 Å². The van der Waals surface area contributed by atoms with Gasteiger partial charge in [0.25, 0.3) is 17.5 Å². The molecule has 0 unspecified atom stereocenters. The van der Waals surface area contributed by atoms with Crippen LogP contribution in [0.15, 0.2) is 102 Å². The molecule has 2 amide bonds. The third-order valence-electron chi connectivity index (χ3n) is 6.47. The van der Waals surface area contributed by atoms with Crippen LogP contribution < -0.4 is 25.1 Å². The van der Waals surface area contributed by atoms with E-state index < -0.39 is 33.0 Å². The van der Waals surface area contributed by atoms with Crippen LogP contribution in [0.2, 0.25) is 0 Å². The summed E-state index contributed by atoms with van der Waals surface area (Å²) in [7, 11) is 3.82. The predicted octanol–water partition coefficient (Wildman–Crippen LogP) is 5.68. The summed E-state index contributed by atoms with van der Waals surface area (Å²) in [6.07, 6.45) is 2.86. The second-order valence-electron chi connectivity index (χ2n) is 9.97. The van der Waals surface area contributed by atoms with E-state index in [1.165, 1.54) is 24.4 Å². The van der Waals surface area contributed by atoms with Gasteiger partial charge in [0.2, 0.25) is 5.75 Å². The average Bonchev–Trinajstić information content (AvgIpc) is 3.06. The van der Waals surface area contributed by atoms with Gasteiger partial charge in [-0.05, 0) is 72.7 Å². The lowest BCUT2D eigenvalue weighted by molar-refractivity contribution is -0.394. The number of ether oxygens (including phenoxy) is 2. The fraction of sp³-hybridized carbons (Fsp3) is 0.121. The number of benzene rings is 4. The number of hydrazone groups is 1. The number of nitrogens with zero attached hydrogens (tertiary/aromatic N) is 4. The summed E-state index contributed by atoms with van der Waals surface area (Å²) in [5.41, 5.74) is 3.79. The monoisotopic (exact) mass is 638 g/mol. The van der Waals surface area contributed by atoms with Crippen molar-refractivity contribution in [3.63, 3.8) is 0 Å². The van der Waals surface area contributed by atoms with Gasteiger partial charge in [-0.15, -0.1) is 0 Å². The Morgan fingerprint density at radius 2 is 1.53 bits per heavy atom. The number of carbonyl (C=O) groups is 2. The van der Waals surface area contributed by atoms with Gasteiger partial charge in [-0.1, -0.05) is 30.3 Å². The van der Waals surface area contributed by atoms with Crippen LogP contribution in [-0.2, 0) is 4.79 Å². The second kappa shape index (κ2) is 15.4. The molecule has 4 aromatic carbocycles. The van der Waals surface area contributed by atoms with Crippen LogP contribution in [0.3, 0.4) is 0 Å². The maximum atomic E-state index is 13.2. The molecular formula is C33H30N6O8. The number of carbonyl (C=O) groups excluding carboxylic acids is 2. The van der Waals surface area contributed by atoms with Gasteiger partial charge >= 0.3 is 5.69 Å². The molecule has 240 valence electrons. The number of hydrogen-bond donors (Lipinski definition) is 2. The summed E-state index contributed by atoms with van der Waals surface area (Å²) in [4.78, 5) is 49.1. The summed E-state index contributed by atoms with van der Waals surface area (Å²) in [5.74, 6) is -1.07. The molecule has 14 nitrogen and oxygen atoms in total. The van der Waals surface area contributed by atoms with Crippen molar-refractivity contribution in [2.45, 2.75) is 6.92 Å². The Bertz CT molecular complexity index is 1840. The van der Waals surface area contributed by atoms with Crippen molar-refractivity contribution in [2.75, 3.05) is 25.6 Å². The molecule has 14 heteroatoms. The quantitative estimate of drug-likeness (QED) is 0.0806. The van der Waals surface area contributed by atoms with Crippen molar-refractivity contribution >= 4 is 41.2 Å². The zero-order valence-corrected chi connectivity index (χ0v) is 25.6. The molecule has 0 spiro atoms. The van der Waals surface area contributed by atoms with Crippen LogP contribution in [0.4, 0.5) is 17.1 Å². The average molecular weight is 639 g/mol. The minimum Gasteiger partial charge on any atom is -0.490 e.